The van der Waals surface area contributed by atoms with E-state index in [-0.39, 0.29) is 36.5 Å². The Morgan fingerprint density at radius 3 is 2.24 bits per heavy atom. The summed E-state index contributed by atoms with van der Waals surface area (Å²) >= 11 is 13.1. The van der Waals surface area contributed by atoms with E-state index in [1.54, 1.807) is 29.2 Å². The van der Waals surface area contributed by atoms with Gasteiger partial charge in [0.25, 0.3) is 0 Å². The van der Waals surface area contributed by atoms with E-state index in [9.17, 15) is 18.4 Å². The second kappa shape index (κ2) is 9.47. The number of likely N-dealkylation sites (tertiary alicyclic amines) is 1. The van der Waals surface area contributed by atoms with Crippen LogP contribution in [0.5, 0.6) is 5.75 Å². The molecule has 2 fully saturated rings. The Kier molecular flexibility index (Phi) is 6.82. The predicted octanol–water partition coefficient (Wildman–Crippen LogP) is 6.69. The normalized spacial score (nSPS) is 20.8. The summed E-state index contributed by atoms with van der Waals surface area (Å²) < 4.78 is 31.6. The fourth-order valence-corrected chi connectivity index (χ4v) is 5.32. The lowest BCUT2D eigenvalue weighted by molar-refractivity contribution is -0.135. The molecule has 2 aliphatic rings. The molecule has 1 saturated heterocycles. The van der Waals surface area contributed by atoms with E-state index in [0.29, 0.717) is 47.8 Å². The number of carboxylic acid groups (broad SMARTS) is 1. The zero-order chi connectivity index (χ0) is 23.8. The van der Waals surface area contributed by atoms with Crippen molar-refractivity contribution in [1.82, 2.24) is 4.90 Å². The second-order valence-electron chi connectivity index (χ2n) is 8.62. The monoisotopic (exact) mass is 497 g/mol. The average molecular weight is 498 g/mol. The number of hydrogen-bond donors (Lipinski definition) is 1. The minimum atomic E-state index is -2.62. The molecule has 0 spiro atoms. The molecule has 2 aromatic carbocycles. The lowest BCUT2D eigenvalue weighted by atomic mass is 9.91. The second-order valence-corrected chi connectivity index (χ2v) is 9.43. The first kappa shape index (κ1) is 23.8. The zero-order valence-corrected chi connectivity index (χ0v) is 19.2. The first-order valence-electron chi connectivity index (χ1n) is 10.8. The lowest BCUT2D eigenvalue weighted by Crippen LogP contribution is -2.42. The van der Waals surface area contributed by atoms with Gasteiger partial charge in [-0.15, -0.1) is 0 Å². The third kappa shape index (κ3) is 5.41. The average Bonchev–Trinajstić information content (AvgIpc) is 3.11. The fourth-order valence-electron chi connectivity index (χ4n) is 4.68. The van der Waals surface area contributed by atoms with Crippen LogP contribution in [0.1, 0.15) is 37.7 Å². The highest BCUT2D eigenvalue weighted by Crippen LogP contribution is 2.39. The van der Waals surface area contributed by atoms with Crippen molar-refractivity contribution in [2.45, 2.75) is 50.5 Å². The summed E-state index contributed by atoms with van der Waals surface area (Å²) in [7, 11) is 0. The smallest absolute Gasteiger partial charge is 0.449 e. The van der Waals surface area contributed by atoms with Crippen LogP contribution in [-0.2, 0) is 11.2 Å². The van der Waals surface area contributed by atoms with Gasteiger partial charge in [0.1, 0.15) is 5.75 Å². The van der Waals surface area contributed by atoms with Gasteiger partial charge in [-0.1, -0.05) is 35.3 Å². The van der Waals surface area contributed by atoms with Crippen molar-refractivity contribution in [3.05, 3.63) is 52.0 Å². The quantitative estimate of drug-likeness (QED) is 0.369. The first-order valence-corrected chi connectivity index (χ1v) is 11.6. The van der Waals surface area contributed by atoms with Gasteiger partial charge in [0.15, 0.2) is 0 Å². The Bertz CT molecular complexity index is 1030. The van der Waals surface area contributed by atoms with Gasteiger partial charge in [0.2, 0.25) is 11.8 Å². The summed E-state index contributed by atoms with van der Waals surface area (Å²) in [5.74, 6) is -2.72. The molecule has 0 radical (unpaired) electrons. The molecule has 0 unspecified atom stereocenters. The van der Waals surface area contributed by atoms with Crippen molar-refractivity contribution in [2.75, 3.05) is 6.54 Å². The molecular formula is C24H23Cl2F2NO4. The highest BCUT2D eigenvalue weighted by atomic mass is 35.5. The van der Waals surface area contributed by atoms with Crippen molar-refractivity contribution in [3.63, 3.8) is 0 Å². The highest BCUT2D eigenvalue weighted by Gasteiger charge is 2.42. The Morgan fingerprint density at radius 2 is 1.67 bits per heavy atom. The lowest BCUT2D eigenvalue weighted by Gasteiger charge is -2.34. The molecule has 1 aliphatic heterocycles. The molecular weight excluding hydrogens is 475 g/mol. The van der Waals surface area contributed by atoms with Crippen LogP contribution in [0, 0.1) is 5.92 Å². The number of halogens is 4. The molecule has 2 aromatic rings. The minimum absolute atomic E-state index is 0.0181. The molecule has 0 bridgehead atoms. The molecule has 0 aromatic heterocycles. The third-order valence-electron chi connectivity index (χ3n) is 6.46. The number of amides is 1. The Morgan fingerprint density at radius 1 is 1.06 bits per heavy atom. The van der Waals surface area contributed by atoms with Crippen molar-refractivity contribution in [3.8, 4) is 16.9 Å². The number of hydrogen-bond acceptors (Lipinski definition) is 3. The largest absolute Gasteiger partial charge is 0.511 e. The maximum absolute atomic E-state index is 13.5. The molecule has 9 heteroatoms. The minimum Gasteiger partial charge on any atom is -0.449 e. The van der Waals surface area contributed by atoms with Gasteiger partial charge in [-0.3, -0.25) is 4.79 Å². The number of nitrogens with zero attached hydrogens (tertiary/aromatic N) is 1. The van der Waals surface area contributed by atoms with E-state index >= 15 is 0 Å². The van der Waals surface area contributed by atoms with Crippen LogP contribution in [0.2, 0.25) is 10.0 Å². The number of benzene rings is 2. The van der Waals surface area contributed by atoms with Crippen LogP contribution in [0.4, 0.5) is 13.6 Å². The number of carbonyl (C=O) groups is 2. The van der Waals surface area contributed by atoms with Gasteiger partial charge in [-0.2, -0.15) is 0 Å². The highest BCUT2D eigenvalue weighted by molar-refractivity contribution is 6.36. The predicted molar refractivity (Wildman–Crippen MR) is 121 cm³/mol. The Labute approximate surface area is 200 Å². The summed E-state index contributed by atoms with van der Waals surface area (Å²) in [6, 6.07) is 9.87. The van der Waals surface area contributed by atoms with Gasteiger partial charge in [-0.05, 0) is 66.6 Å². The third-order valence-corrected chi connectivity index (χ3v) is 7.14. The van der Waals surface area contributed by atoms with Crippen LogP contribution in [0.15, 0.2) is 36.4 Å². The zero-order valence-electron chi connectivity index (χ0n) is 17.7. The molecule has 5 nitrogen and oxygen atoms in total. The van der Waals surface area contributed by atoms with Gasteiger partial charge < -0.3 is 14.7 Å². The van der Waals surface area contributed by atoms with E-state index in [1.807, 2.05) is 0 Å². The summed E-state index contributed by atoms with van der Waals surface area (Å²) in [6.07, 6.45) is -0.0361. The van der Waals surface area contributed by atoms with E-state index in [1.165, 1.54) is 12.1 Å². The molecule has 33 heavy (non-hydrogen) atoms. The van der Waals surface area contributed by atoms with E-state index in [2.05, 4.69) is 4.74 Å². The molecule has 176 valence electrons. The van der Waals surface area contributed by atoms with Crippen LogP contribution in [0.25, 0.3) is 11.1 Å². The molecule has 1 atom stereocenters. The summed E-state index contributed by atoms with van der Waals surface area (Å²) in [6.45, 7) is 0.567. The summed E-state index contributed by atoms with van der Waals surface area (Å²) in [5, 5.41) is 9.56. The first-order chi connectivity index (χ1) is 15.6. The van der Waals surface area contributed by atoms with Crippen molar-refractivity contribution >= 4 is 35.3 Å². The Balaban J connectivity index is 1.45. The molecule has 4 rings (SSSR count). The SMILES string of the molecule is O=C(O)Oc1ccc(-c2cc(Cl)c(C[C@@H]3CCN(C4CCC(F)(F)CC4)C3=O)c(Cl)c2)cc1. The fraction of sp³-hybridized carbons (Fsp3) is 0.417. The van der Waals surface area contributed by atoms with Crippen molar-refractivity contribution in [1.29, 1.82) is 0 Å². The number of alkyl halides is 2. The summed E-state index contributed by atoms with van der Waals surface area (Å²) in [5.41, 5.74) is 2.21. The van der Waals surface area contributed by atoms with E-state index in [0.717, 1.165) is 11.1 Å². The van der Waals surface area contributed by atoms with Gasteiger partial charge in [0.05, 0.1) is 0 Å². The van der Waals surface area contributed by atoms with Crippen molar-refractivity contribution in [2.24, 2.45) is 5.92 Å². The van der Waals surface area contributed by atoms with E-state index < -0.39 is 12.1 Å². The van der Waals surface area contributed by atoms with Crippen LogP contribution in [0.3, 0.4) is 0 Å². The van der Waals surface area contributed by atoms with Crippen LogP contribution < -0.4 is 4.74 Å². The molecule has 1 aliphatic carbocycles. The van der Waals surface area contributed by atoms with Crippen LogP contribution >= 0.6 is 23.2 Å². The number of rotatable bonds is 5. The maximum atomic E-state index is 13.5. The van der Waals surface area contributed by atoms with Gasteiger partial charge in [0, 0.05) is 41.4 Å². The maximum Gasteiger partial charge on any atom is 0.511 e. The van der Waals surface area contributed by atoms with Crippen LogP contribution in [-0.4, -0.2) is 40.6 Å². The standard InChI is InChI=1S/C24H23Cl2F2NO4/c25-20-12-16(14-1-3-18(4-2-14)33-23(31)32)13-21(26)19(20)11-15-7-10-29(22(15)30)17-5-8-24(27,28)9-6-17/h1-4,12-13,15,17H,5-11H2,(H,31,32)/t15-/m0/s1. The number of ether oxygens (including phenoxy) is 1. The van der Waals surface area contributed by atoms with Gasteiger partial charge >= 0.3 is 6.16 Å². The molecule has 1 saturated carbocycles. The number of carbonyl (C=O) groups excluding carboxylic acids is 1. The van der Waals surface area contributed by atoms with Crippen molar-refractivity contribution < 1.29 is 28.2 Å². The molecule has 1 heterocycles. The Hall–Kier alpha value is -2.38. The topological polar surface area (TPSA) is 66.8 Å². The van der Waals surface area contributed by atoms with Gasteiger partial charge in [-0.25, -0.2) is 13.6 Å². The summed E-state index contributed by atoms with van der Waals surface area (Å²) in [4.78, 5) is 25.4. The molecule has 1 N–H and O–H groups in total. The molecule has 1 amide bonds. The van der Waals surface area contributed by atoms with E-state index in [4.69, 9.17) is 28.3 Å².